The van der Waals surface area contributed by atoms with Gasteiger partial charge in [-0.3, -0.25) is 0 Å². The first-order chi connectivity index (χ1) is 9.24. The Morgan fingerprint density at radius 2 is 1.89 bits per heavy atom. The van der Waals surface area contributed by atoms with Gasteiger partial charge in [-0.1, -0.05) is 41.9 Å². The summed E-state index contributed by atoms with van der Waals surface area (Å²) in [6.45, 7) is 0.675. The van der Waals surface area contributed by atoms with Crippen molar-refractivity contribution in [1.29, 1.82) is 0 Å². The van der Waals surface area contributed by atoms with Crippen LogP contribution in [0.25, 0.3) is 0 Å². The maximum Gasteiger partial charge on any atom is 0.122 e. The first kappa shape index (κ1) is 12.5. The summed E-state index contributed by atoms with van der Waals surface area (Å²) in [7, 11) is 0. The van der Waals surface area contributed by atoms with Crippen LogP contribution in [0.4, 0.5) is 0 Å². The molecule has 1 aliphatic rings. The summed E-state index contributed by atoms with van der Waals surface area (Å²) < 4.78 is 5.69. The third kappa shape index (κ3) is 2.60. The number of nitrogens with two attached hydrogens (primary N) is 1. The molecule has 2 unspecified atom stereocenters. The Morgan fingerprint density at radius 1 is 1.16 bits per heavy atom. The van der Waals surface area contributed by atoms with Gasteiger partial charge in [-0.15, -0.1) is 0 Å². The average molecular weight is 274 g/mol. The van der Waals surface area contributed by atoms with Crippen LogP contribution >= 0.6 is 11.6 Å². The van der Waals surface area contributed by atoms with Gasteiger partial charge in [0.1, 0.15) is 5.75 Å². The molecule has 2 nitrogen and oxygen atoms in total. The van der Waals surface area contributed by atoms with Gasteiger partial charge in [0.2, 0.25) is 0 Å². The molecule has 1 heterocycles. The van der Waals surface area contributed by atoms with Crippen molar-refractivity contribution < 1.29 is 4.74 Å². The molecule has 98 valence electrons. The maximum absolute atomic E-state index is 6.35. The molecule has 0 bridgehead atoms. The van der Waals surface area contributed by atoms with Crippen molar-refractivity contribution in [3.63, 3.8) is 0 Å². The standard InChI is InChI=1S/C16H16ClNO/c17-12-7-5-11(6-8-12)9-15(18)14-10-19-16-4-2-1-3-13(14)16/h1-8,14-15H,9-10,18H2. The molecule has 0 aromatic heterocycles. The monoisotopic (exact) mass is 273 g/mol. The van der Waals surface area contributed by atoms with E-state index in [1.807, 2.05) is 42.5 Å². The van der Waals surface area contributed by atoms with E-state index < -0.39 is 0 Å². The zero-order chi connectivity index (χ0) is 13.2. The highest BCUT2D eigenvalue weighted by molar-refractivity contribution is 6.30. The van der Waals surface area contributed by atoms with Crippen LogP contribution in [0.1, 0.15) is 17.0 Å². The van der Waals surface area contributed by atoms with E-state index in [4.69, 9.17) is 22.1 Å². The molecule has 3 rings (SSSR count). The van der Waals surface area contributed by atoms with E-state index in [-0.39, 0.29) is 12.0 Å². The minimum absolute atomic E-state index is 0.0600. The molecule has 0 radical (unpaired) electrons. The molecule has 0 saturated heterocycles. The first-order valence-corrected chi connectivity index (χ1v) is 6.83. The van der Waals surface area contributed by atoms with E-state index >= 15 is 0 Å². The Balaban J connectivity index is 1.75. The van der Waals surface area contributed by atoms with Gasteiger partial charge >= 0.3 is 0 Å². The van der Waals surface area contributed by atoms with Crippen molar-refractivity contribution in [3.8, 4) is 5.75 Å². The molecule has 19 heavy (non-hydrogen) atoms. The summed E-state index contributed by atoms with van der Waals surface area (Å²) in [4.78, 5) is 0. The van der Waals surface area contributed by atoms with Crippen molar-refractivity contribution in [3.05, 3.63) is 64.7 Å². The molecule has 2 aromatic carbocycles. The van der Waals surface area contributed by atoms with Crippen LogP contribution in [-0.4, -0.2) is 12.6 Å². The van der Waals surface area contributed by atoms with E-state index in [1.54, 1.807) is 0 Å². The highest BCUT2D eigenvalue weighted by atomic mass is 35.5. The smallest absolute Gasteiger partial charge is 0.122 e. The Bertz CT molecular complexity index is 567. The summed E-state index contributed by atoms with van der Waals surface area (Å²) in [6, 6.07) is 16.1. The highest BCUT2D eigenvalue weighted by Gasteiger charge is 2.28. The van der Waals surface area contributed by atoms with Gasteiger partial charge in [-0.25, -0.2) is 0 Å². The van der Waals surface area contributed by atoms with Crippen molar-refractivity contribution in [1.82, 2.24) is 0 Å². The second-order valence-corrected chi connectivity index (χ2v) is 5.39. The molecule has 0 fully saturated rings. The van der Waals surface area contributed by atoms with Crippen LogP contribution in [0.15, 0.2) is 48.5 Å². The van der Waals surface area contributed by atoms with Gasteiger partial charge in [0, 0.05) is 22.5 Å². The lowest BCUT2D eigenvalue weighted by molar-refractivity contribution is 0.313. The summed E-state index contributed by atoms with van der Waals surface area (Å²) in [6.07, 6.45) is 0.833. The third-order valence-electron chi connectivity index (χ3n) is 3.64. The Kier molecular flexibility index (Phi) is 3.45. The topological polar surface area (TPSA) is 35.2 Å². The minimum atomic E-state index is 0.0600. The number of hydrogen-bond donors (Lipinski definition) is 1. The SMILES string of the molecule is NC(Cc1ccc(Cl)cc1)C1COc2ccccc21. The zero-order valence-corrected chi connectivity index (χ0v) is 11.3. The molecule has 2 aromatic rings. The quantitative estimate of drug-likeness (QED) is 0.930. The molecular formula is C16H16ClNO. The second-order valence-electron chi connectivity index (χ2n) is 4.95. The minimum Gasteiger partial charge on any atom is -0.493 e. The van der Waals surface area contributed by atoms with Gasteiger partial charge in [0.05, 0.1) is 6.61 Å². The molecule has 0 spiro atoms. The third-order valence-corrected chi connectivity index (χ3v) is 3.89. The first-order valence-electron chi connectivity index (χ1n) is 6.46. The zero-order valence-electron chi connectivity index (χ0n) is 10.6. The van der Waals surface area contributed by atoms with E-state index in [0.717, 1.165) is 17.2 Å². The molecule has 0 saturated carbocycles. The maximum atomic E-state index is 6.35. The largest absolute Gasteiger partial charge is 0.493 e. The number of fused-ring (bicyclic) bond motifs is 1. The molecular weight excluding hydrogens is 258 g/mol. The van der Waals surface area contributed by atoms with E-state index in [2.05, 4.69) is 6.07 Å². The van der Waals surface area contributed by atoms with Gasteiger partial charge < -0.3 is 10.5 Å². The fourth-order valence-electron chi connectivity index (χ4n) is 2.58. The van der Waals surface area contributed by atoms with Crippen LogP contribution in [0, 0.1) is 0 Å². The van der Waals surface area contributed by atoms with Crippen LogP contribution < -0.4 is 10.5 Å². The van der Waals surface area contributed by atoms with E-state index in [9.17, 15) is 0 Å². The molecule has 1 aliphatic heterocycles. The van der Waals surface area contributed by atoms with E-state index in [1.165, 1.54) is 11.1 Å². The fraction of sp³-hybridized carbons (Fsp3) is 0.250. The van der Waals surface area contributed by atoms with Crippen LogP contribution in [0.2, 0.25) is 5.02 Å². The van der Waals surface area contributed by atoms with Gasteiger partial charge in [0.25, 0.3) is 0 Å². The number of benzene rings is 2. The van der Waals surface area contributed by atoms with E-state index in [0.29, 0.717) is 6.61 Å². The van der Waals surface area contributed by atoms with Crippen molar-refractivity contribution in [2.45, 2.75) is 18.4 Å². The number of halogens is 1. The Hall–Kier alpha value is -1.51. The normalized spacial score (nSPS) is 18.7. The molecule has 2 N–H and O–H groups in total. The average Bonchev–Trinajstić information content (AvgIpc) is 2.85. The lowest BCUT2D eigenvalue weighted by Gasteiger charge is -2.18. The van der Waals surface area contributed by atoms with Gasteiger partial charge in [-0.2, -0.15) is 0 Å². The number of rotatable bonds is 3. The Labute approximate surface area is 118 Å². The lowest BCUT2D eigenvalue weighted by atomic mass is 9.90. The van der Waals surface area contributed by atoms with Gasteiger partial charge in [0.15, 0.2) is 0 Å². The van der Waals surface area contributed by atoms with Crippen molar-refractivity contribution in [2.75, 3.05) is 6.61 Å². The van der Waals surface area contributed by atoms with Gasteiger partial charge in [-0.05, 0) is 30.2 Å². The molecule has 3 heteroatoms. The molecule has 2 atom stereocenters. The van der Waals surface area contributed by atoms with Crippen LogP contribution in [0.3, 0.4) is 0 Å². The summed E-state index contributed by atoms with van der Waals surface area (Å²) >= 11 is 5.89. The summed E-state index contributed by atoms with van der Waals surface area (Å²) in [5, 5.41) is 0.756. The second kappa shape index (κ2) is 5.24. The fourth-order valence-corrected chi connectivity index (χ4v) is 2.70. The predicted octanol–water partition coefficient (Wildman–Crippen LogP) is 3.39. The van der Waals surface area contributed by atoms with Crippen LogP contribution in [-0.2, 0) is 6.42 Å². The number of para-hydroxylation sites is 1. The van der Waals surface area contributed by atoms with Crippen molar-refractivity contribution in [2.24, 2.45) is 5.73 Å². The highest BCUT2D eigenvalue weighted by Crippen LogP contribution is 2.35. The predicted molar refractivity (Wildman–Crippen MR) is 77.8 cm³/mol. The molecule has 0 aliphatic carbocycles. The number of hydrogen-bond acceptors (Lipinski definition) is 2. The Morgan fingerprint density at radius 3 is 2.68 bits per heavy atom. The van der Waals surface area contributed by atoms with Crippen LogP contribution in [0.5, 0.6) is 5.75 Å². The lowest BCUT2D eigenvalue weighted by Crippen LogP contribution is -2.31. The molecule has 0 amide bonds. The van der Waals surface area contributed by atoms with Crippen molar-refractivity contribution >= 4 is 11.6 Å². The summed E-state index contributed by atoms with van der Waals surface area (Å²) in [5.74, 6) is 1.24. The summed E-state index contributed by atoms with van der Waals surface area (Å²) in [5.41, 5.74) is 8.79. The number of ether oxygens (including phenoxy) is 1.